The average Bonchev–Trinajstić information content (AvgIpc) is 3.41. The Hall–Kier alpha value is -4.13. The van der Waals surface area contributed by atoms with Crippen molar-refractivity contribution >= 4 is 23.1 Å². The summed E-state index contributed by atoms with van der Waals surface area (Å²) < 4.78 is 11.0. The third kappa shape index (κ3) is 3.10. The zero-order valence-electron chi connectivity index (χ0n) is 17.3. The number of ketones is 1. The molecule has 1 aromatic heterocycles. The van der Waals surface area contributed by atoms with Crippen LogP contribution in [0.1, 0.15) is 22.7 Å². The Balaban J connectivity index is 1.72. The highest BCUT2D eigenvalue weighted by Crippen LogP contribution is 2.45. The second-order valence-corrected chi connectivity index (χ2v) is 7.55. The first kappa shape index (κ1) is 19.8. The summed E-state index contributed by atoms with van der Waals surface area (Å²) in [6.07, 6.45) is 3.92. The molecule has 2 aliphatic rings. The van der Waals surface area contributed by atoms with Crippen LogP contribution in [0.4, 0.5) is 5.69 Å². The van der Waals surface area contributed by atoms with Gasteiger partial charge in [-0.1, -0.05) is 18.2 Å². The Bertz CT molecular complexity index is 1250. The van der Waals surface area contributed by atoms with Crippen LogP contribution in [0.2, 0.25) is 0 Å². The van der Waals surface area contributed by atoms with Crippen LogP contribution in [0.25, 0.3) is 5.76 Å². The summed E-state index contributed by atoms with van der Waals surface area (Å²) in [7, 11) is 1.50. The number of aromatic nitrogens is 1. The summed E-state index contributed by atoms with van der Waals surface area (Å²) in [5.41, 5.74) is 2.45. The molecule has 1 N–H and O–H groups in total. The molecule has 7 nitrogen and oxygen atoms in total. The molecule has 5 rings (SSSR count). The van der Waals surface area contributed by atoms with E-state index >= 15 is 0 Å². The maximum Gasteiger partial charge on any atom is 0.300 e. The highest BCUT2D eigenvalue weighted by molar-refractivity contribution is 6.51. The minimum atomic E-state index is -0.857. The number of hydrogen-bond acceptors (Lipinski definition) is 6. The first-order valence-electron chi connectivity index (χ1n) is 10.2. The van der Waals surface area contributed by atoms with Gasteiger partial charge in [0, 0.05) is 24.4 Å². The lowest BCUT2D eigenvalue weighted by atomic mass is 9.95. The standard InChI is InChI=1S/C25H20N2O5/c1-31-20-7-3-2-6-18(20)27-22(17-5-4-11-26-14-17)21(24(29)25(27)30)23(28)16-8-9-19-15(13-16)10-12-32-19/h2-9,11,13-14,22,28H,10,12H2,1H3/b23-21-. The van der Waals surface area contributed by atoms with Crippen LogP contribution in [0.3, 0.4) is 0 Å². The fourth-order valence-corrected chi connectivity index (χ4v) is 4.25. The molecule has 3 aromatic rings. The van der Waals surface area contributed by atoms with Crippen LogP contribution >= 0.6 is 0 Å². The number of amides is 1. The normalized spacial score (nSPS) is 19.0. The van der Waals surface area contributed by atoms with E-state index in [9.17, 15) is 14.7 Å². The third-order valence-electron chi connectivity index (χ3n) is 5.75. The molecule has 160 valence electrons. The topological polar surface area (TPSA) is 89.0 Å². The molecule has 0 radical (unpaired) electrons. The molecule has 3 heterocycles. The minimum Gasteiger partial charge on any atom is -0.507 e. The number of anilines is 1. The van der Waals surface area contributed by atoms with E-state index < -0.39 is 17.7 Å². The van der Waals surface area contributed by atoms with Gasteiger partial charge in [-0.25, -0.2) is 0 Å². The number of carbonyl (C=O) groups excluding carboxylic acids is 2. The number of Topliss-reactive ketones (excluding diaryl/α,β-unsaturated/α-hetero) is 1. The van der Waals surface area contributed by atoms with Crippen LogP contribution in [0.15, 0.2) is 72.6 Å². The number of nitrogens with zero attached hydrogens (tertiary/aromatic N) is 2. The van der Waals surface area contributed by atoms with Gasteiger partial charge in [0.15, 0.2) is 0 Å². The zero-order valence-corrected chi connectivity index (χ0v) is 17.3. The van der Waals surface area contributed by atoms with Crippen LogP contribution in [0, 0.1) is 0 Å². The van der Waals surface area contributed by atoms with Crippen LogP contribution in [-0.2, 0) is 16.0 Å². The number of aliphatic hydroxyl groups is 1. The number of pyridine rings is 1. The van der Waals surface area contributed by atoms with Gasteiger partial charge in [-0.05, 0) is 47.5 Å². The van der Waals surface area contributed by atoms with Crippen molar-refractivity contribution in [1.29, 1.82) is 0 Å². The number of ether oxygens (including phenoxy) is 2. The van der Waals surface area contributed by atoms with Crippen molar-refractivity contribution in [2.75, 3.05) is 18.6 Å². The highest BCUT2D eigenvalue weighted by atomic mass is 16.5. The Morgan fingerprint density at radius 3 is 2.78 bits per heavy atom. The molecule has 0 bridgehead atoms. The summed E-state index contributed by atoms with van der Waals surface area (Å²) in [5.74, 6) is -0.532. The molecule has 1 fully saturated rings. The van der Waals surface area contributed by atoms with Gasteiger partial charge in [0.05, 0.1) is 31.0 Å². The maximum atomic E-state index is 13.2. The lowest BCUT2D eigenvalue weighted by molar-refractivity contribution is -0.132. The van der Waals surface area contributed by atoms with E-state index in [4.69, 9.17) is 9.47 Å². The largest absolute Gasteiger partial charge is 0.507 e. The molecule has 0 spiro atoms. The molecule has 1 unspecified atom stereocenters. The van der Waals surface area contributed by atoms with E-state index in [0.29, 0.717) is 29.2 Å². The lowest BCUT2D eigenvalue weighted by Gasteiger charge is -2.26. The minimum absolute atomic E-state index is 0.00720. The zero-order chi connectivity index (χ0) is 22.2. The summed E-state index contributed by atoms with van der Waals surface area (Å²) in [5, 5.41) is 11.3. The number of benzene rings is 2. The summed E-state index contributed by atoms with van der Waals surface area (Å²) in [6.45, 7) is 0.577. The Labute approximate surface area is 184 Å². The molecule has 2 aromatic carbocycles. The first-order valence-corrected chi connectivity index (χ1v) is 10.2. The fraction of sp³-hybridized carbons (Fsp3) is 0.160. The summed E-state index contributed by atoms with van der Waals surface area (Å²) in [4.78, 5) is 32.0. The Kier molecular flexibility index (Phi) is 4.86. The molecular weight excluding hydrogens is 408 g/mol. The molecule has 0 saturated carbocycles. The number of fused-ring (bicyclic) bond motifs is 1. The molecule has 0 aliphatic carbocycles. The van der Waals surface area contributed by atoms with E-state index in [1.807, 2.05) is 0 Å². The van der Waals surface area contributed by atoms with Crippen molar-refractivity contribution in [3.8, 4) is 11.5 Å². The third-order valence-corrected chi connectivity index (χ3v) is 5.75. The lowest BCUT2D eigenvalue weighted by Crippen LogP contribution is -2.29. The van der Waals surface area contributed by atoms with E-state index in [0.717, 1.165) is 17.7 Å². The molecule has 1 saturated heterocycles. The number of methoxy groups -OCH3 is 1. The van der Waals surface area contributed by atoms with E-state index in [1.165, 1.54) is 12.0 Å². The van der Waals surface area contributed by atoms with Gasteiger partial charge in [0.25, 0.3) is 11.7 Å². The van der Waals surface area contributed by atoms with Gasteiger partial charge in [0.2, 0.25) is 0 Å². The van der Waals surface area contributed by atoms with Crippen molar-refractivity contribution in [3.63, 3.8) is 0 Å². The predicted octanol–water partition coefficient (Wildman–Crippen LogP) is 3.65. The second kappa shape index (κ2) is 7.85. The molecule has 7 heteroatoms. The van der Waals surface area contributed by atoms with Gasteiger partial charge < -0.3 is 14.6 Å². The van der Waals surface area contributed by atoms with Gasteiger partial charge in [-0.2, -0.15) is 0 Å². The van der Waals surface area contributed by atoms with Crippen molar-refractivity contribution < 1.29 is 24.2 Å². The number of hydrogen-bond donors (Lipinski definition) is 1. The molecule has 1 amide bonds. The summed E-state index contributed by atoms with van der Waals surface area (Å²) >= 11 is 0. The number of para-hydroxylation sites is 2. The average molecular weight is 428 g/mol. The van der Waals surface area contributed by atoms with Crippen LogP contribution in [0.5, 0.6) is 11.5 Å². The molecule has 1 atom stereocenters. The SMILES string of the molecule is COc1ccccc1N1C(=O)C(=O)/C(=C(\O)c2ccc3c(c2)CCO3)C1c1cccnc1. The predicted molar refractivity (Wildman–Crippen MR) is 118 cm³/mol. The van der Waals surface area contributed by atoms with E-state index in [2.05, 4.69) is 4.98 Å². The second-order valence-electron chi connectivity index (χ2n) is 7.55. The van der Waals surface area contributed by atoms with Crippen molar-refractivity contribution in [3.05, 3.63) is 89.3 Å². The van der Waals surface area contributed by atoms with Gasteiger partial charge in [0.1, 0.15) is 17.3 Å². The Morgan fingerprint density at radius 1 is 1.16 bits per heavy atom. The van der Waals surface area contributed by atoms with Crippen LogP contribution in [-0.4, -0.2) is 35.5 Å². The van der Waals surface area contributed by atoms with Crippen molar-refractivity contribution in [1.82, 2.24) is 4.98 Å². The van der Waals surface area contributed by atoms with E-state index in [-0.39, 0.29) is 11.3 Å². The molecule has 32 heavy (non-hydrogen) atoms. The molecule has 2 aliphatic heterocycles. The summed E-state index contributed by atoms with van der Waals surface area (Å²) in [6, 6.07) is 14.9. The number of carbonyl (C=O) groups is 2. The molecular formula is C25H20N2O5. The van der Waals surface area contributed by atoms with Crippen molar-refractivity contribution in [2.45, 2.75) is 12.5 Å². The van der Waals surface area contributed by atoms with E-state index in [1.54, 1.807) is 67.0 Å². The maximum absolute atomic E-state index is 13.2. The quantitative estimate of drug-likeness (QED) is 0.388. The van der Waals surface area contributed by atoms with Crippen molar-refractivity contribution in [2.24, 2.45) is 0 Å². The number of aliphatic hydroxyl groups excluding tert-OH is 1. The van der Waals surface area contributed by atoms with Crippen LogP contribution < -0.4 is 14.4 Å². The first-order chi connectivity index (χ1) is 15.6. The van der Waals surface area contributed by atoms with Gasteiger partial charge in [-0.3, -0.25) is 19.5 Å². The van der Waals surface area contributed by atoms with Gasteiger partial charge in [-0.15, -0.1) is 0 Å². The fourth-order valence-electron chi connectivity index (χ4n) is 4.25. The smallest absolute Gasteiger partial charge is 0.300 e. The monoisotopic (exact) mass is 428 g/mol. The number of rotatable bonds is 4. The Morgan fingerprint density at radius 2 is 2.00 bits per heavy atom. The van der Waals surface area contributed by atoms with Gasteiger partial charge >= 0.3 is 0 Å². The highest BCUT2D eigenvalue weighted by Gasteiger charge is 2.47.